The molecule has 0 atom stereocenters. The minimum atomic E-state index is -0.456. The molecule has 3 heterocycles. The molecule has 7 heteroatoms. The summed E-state index contributed by atoms with van der Waals surface area (Å²) in [5.74, 6) is -0.710. The normalized spacial score (nSPS) is 10.5. The summed E-state index contributed by atoms with van der Waals surface area (Å²) in [6.07, 6.45) is 1.72. The van der Waals surface area contributed by atoms with Gasteiger partial charge in [-0.1, -0.05) is 0 Å². The maximum Gasteiger partial charge on any atom is 0.312 e. The molecule has 1 N–H and O–H groups in total. The number of nitrogens with one attached hydrogen (secondary N) is 1. The summed E-state index contributed by atoms with van der Waals surface area (Å²) in [6, 6.07) is 5.35. The Hall–Kier alpha value is -2.25. The van der Waals surface area contributed by atoms with Gasteiger partial charge < -0.3 is 9.72 Å². The molecule has 0 fully saturated rings. The van der Waals surface area contributed by atoms with E-state index in [1.54, 1.807) is 29.7 Å². The highest BCUT2D eigenvalue weighted by molar-refractivity contribution is 7.14. The molecular formula is C15H12N2O3S2. The second kappa shape index (κ2) is 6.67. The topological polar surface area (TPSA) is 72.0 Å². The van der Waals surface area contributed by atoms with Gasteiger partial charge in [-0.15, -0.1) is 11.3 Å². The number of ether oxygens (including phenoxy) is 1. The number of ketones is 1. The van der Waals surface area contributed by atoms with Gasteiger partial charge in [-0.25, -0.2) is 4.98 Å². The minimum Gasteiger partial charge on any atom is -0.457 e. The fourth-order valence-corrected chi connectivity index (χ4v) is 3.37. The number of hydrogen-bond acceptors (Lipinski definition) is 6. The quantitative estimate of drug-likeness (QED) is 0.556. The first-order valence-corrected chi connectivity index (χ1v) is 8.34. The lowest BCUT2D eigenvalue weighted by Gasteiger charge is -2.01. The summed E-state index contributed by atoms with van der Waals surface area (Å²) in [5, 5.41) is 6.71. The molecule has 5 nitrogen and oxygen atoms in total. The van der Waals surface area contributed by atoms with E-state index in [9.17, 15) is 9.59 Å². The molecule has 0 spiro atoms. The van der Waals surface area contributed by atoms with Crippen LogP contribution in [0.15, 0.2) is 40.5 Å². The number of aromatic nitrogens is 2. The number of aromatic amines is 1. The highest BCUT2D eigenvalue weighted by Gasteiger charge is 2.13. The zero-order valence-electron chi connectivity index (χ0n) is 11.4. The standard InChI is InChI=1S/C15H12N2O3S2/c18-13(12-2-1-4-16-12)7-20-14(19)6-11-9-22-15(17-11)10-3-5-21-8-10/h1-5,8-9,16H,6-7H2. The highest BCUT2D eigenvalue weighted by Crippen LogP contribution is 2.25. The van der Waals surface area contributed by atoms with Crippen molar-refractivity contribution in [3.05, 3.63) is 51.9 Å². The van der Waals surface area contributed by atoms with E-state index in [1.165, 1.54) is 11.3 Å². The molecule has 0 radical (unpaired) electrons. The van der Waals surface area contributed by atoms with E-state index >= 15 is 0 Å². The number of nitrogens with zero attached hydrogens (tertiary/aromatic N) is 1. The van der Waals surface area contributed by atoms with Gasteiger partial charge in [0, 0.05) is 22.5 Å². The first-order valence-electron chi connectivity index (χ1n) is 6.51. The van der Waals surface area contributed by atoms with Crippen LogP contribution in [0.1, 0.15) is 16.2 Å². The third-order valence-electron chi connectivity index (χ3n) is 2.91. The van der Waals surface area contributed by atoms with E-state index in [0.717, 1.165) is 10.6 Å². The van der Waals surface area contributed by atoms with Gasteiger partial charge in [0.2, 0.25) is 5.78 Å². The second-order valence-corrected chi connectivity index (χ2v) is 6.14. The van der Waals surface area contributed by atoms with E-state index < -0.39 is 5.97 Å². The predicted molar refractivity (Wildman–Crippen MR) is 85.2 cm³/mol. The number of thiophene rings is 1. The van der Waals surface area contributed by atoms with Crippen LogP contribution >= 0.6 is 22.7 Å². The van der Waals surface area contributed by atoms with Crippen molar-refractivity contribution in [2.24, 2.45) is 0 Å². The molecule has 0 amide bonds. The Morgan fingerprint density at radius 3 is 2.91 bits per heavy atom. The number of carbonyl (C=O) groups excluding carboxylic acids is 2. The molecule has 3 aromatic heterocycles. The summed E-state index contributed by atoms with van der Waals surface area (Å²) in [4.78, 5) is 30.6. The zero-order chi connectivity index (χ0) is 15.4. The molecule has 112 valence electrons. The number of thiazole rings is 1. The third-order valence-corrected chi connectivity index (χ3v) is 4.53. The monoisotopic (exact) mass is 332 g/mol. The molecule has 0 aliphatic rings. The Labute approximate surface area is 134 Å². The van der Waals surface area contributed by atoms with Crippen LogP contribution in [0, 0.1) is 0 Å². The fraction of sp³-hybridized carbons (Fsp3) is 0.133. The van der Waals surface area contributed by atoms with Crippen molar-refractivity contribution in [3.8, 4) is 10.6 Å². The lowest BCUT2D eigenvalue weighted by atomic mass is 10.3. The zero-order valence-corrected chi connectivity index (χ0v) is 13.1. The average molecular weight is 332 g/mol. The molecule has 0 saturated carbocycles. The molecule has 0 aromatic carbocycles. The smallest absolute Gasteiger partial charge is 0.312 e. The van der Waals surface area contributed by atoms with E-state index in [1.807, 2.05) is 22.2 Å². The second-order valence-electron chi connectivity index (χ2n) is 4.50. The summed E-state index contributed by atoms with van der Waals surface area (Å²) in [6.45, 7) is -0.263. The Kier molecular flexibility index (Phi) is 4.45. The molecule has 0 saturated heterocycles. The largest absolute Gasteiger partial charge is 0.457 e. The van der Waals surface area contributed by atoms with E-state index in [2.05, 4.69) is 9.97 Å². The average Bonchev–Trinajstić information content (AvgIpc) is 3.23. The third kappa shape index (κ3) is 3.49. The molecule has 22 heavy (non-hydrogen) atoms. The number of hydrogen-bond donors (Lipinski definition) is 1. The minimum absolute atomic E-state index is 0.0681. The van der Waals surface area contributed by atoms with Crippen molar-refractivity contribution in [2.45, 2.75) is 6.42 Å². The number of rotatable bonds is 6. The van der Waals surface area contributed by atoms with E-state index in [0.29, 0.717) is 11.4 Å². The summed E-state index contributed by atoms with van der Waals surface area (Å²) in [7, 11) is 0. The van der Waals surface area contributed by atoms with Crippen LogP contribution in [0.2, 0.25) is 0 Å². The number of esters is 1. The maximum absolute atomic E-state index is 11.8. The SMILES string of the molecule is O=C(Cc1csc(-c2ccsc2)n1)OCC(=O)c1ccc[nH]1. The summed E-state index contributed by atoms with van der Waals surface area (Å²) < 4.78 is 4.99. The predicted octanol–water partition coefficient (Wildman–Crippen LogP) is 3.17. The van der Waals surface area contributed by atoms with Crippen LogP contribution in [0.25, 0.3) is 10.6 Å². The van der Waals surface area contributed by atoms with Crippen molar-refractivity contribution < 1.29 is 14.3 Å². The molecule has 0 unspecified atom stereocenters. The molecule has 0 aliphatic heterocycles. The highest BCUT2D eigenvalue weighted by atomic mass is 32.1. The van der Waals surface area contributed by atoms with Gasteiger partial charge in [0.15, 0.2) is 6.61 Å². The van der Waals surface area contributed by atoms with Gasteiger partial charge in [-0.3, -0.25) is 9.59 Å². The Morgan fingerprint density at radius 2 is 2.18 bits per heavy atom. The van der Waals surface area contributed by atoms with E-state index in [4.69, 9.17) is 4.74 Å². The first kappa shape index (κ1) is 14.7. The molecule has 0 aliphatic carbocycles. The number of carbonyl (C=O) groups is 2. The molecule has 0 bridgehead atoms. The van der Waals surface area contributed by atoms with Gasteiger partial charge in [0.25, 0.3) is 0 Å². The summed E-state index contributed by atoms with van der Waals surface area (Å²) in [5.41, 5.74) is 2.14. The van der Waals surface area contributed by atoms with Crippen LogP contribution in [-0.4, -0.2) is 28.3 Å². The van der Waals surface area contributed by atoms with Gasteiger partial charge in [-0.05, 0) is 23.6 Å². The Morgan fingerprint density at radius 1 is 1.27 bits per heavy atom. The number of Topliss-reactive ketones (excluding diaryl/α,β-unsaturated/α-hetero) is 1. The van der Waals surface area contributed by atoms with E-state index in [-0.39, 0.29) is 18.8 Å². The number of H-pyrrole nitrogens is 1. The maximum atomic E-state index is 11.8. The van der Waals surface area contributed by atoms with Gasteiger partial charge in [0.05, 0.1) is 17.8 Å². The fourth-order valence-electron chi connectivity index (χ4n) is 1.83. The Balaban J connectivity index is 1.53. The van der Waals surface area contributed by atoms with Crippen LogP contribution in [-0.2, 0) is 16.0 Å². The first-order chi connectivity index (χ1) is 10.7. The van der Waals surface area contributed by atoms with Crippen molar-refractivity contribution in [1.29, 1.82) is 0 Å². The summed E-state index contributed by atoms with van der Waals surface area (Å²) >= 11 is 3.09. The van der Waals surface area contributed by atoms with Gasteiger partial charge in [-0.2, -0.15) is 11.3 Å². The molecular weight excluding hydrogens is 320 g/mol. The van der Waals surface area contributed by atoms with Crippen molar-refractivity contribution in [2.75, 3.05) is 6.61 Å². The van der Waals surface area contributed by atoms with Gasteiger partial charge >= 0.3 is 5.97 Å². The lowest BCUT2D eigenvalue weighted by molar-refractivity contribution is -0.141. The molecule has 3 rings (SSSR count). The van der Waals surface area contributed by atoms with Gasteiger partial charge in [0.1, 0.15) is 5.01 Å². The molecule has 3 aromatic rings. The van der Waals surface area contributed by atoms with Crippen molar-refractivity contribution >= 4 is 34.4 Å². The van der Waals surface area contributed by atoms with Crippen LogP contribution < -0.4 is 0 Å². The lowest BCUT2D eigenvalue weighted by Crippen LogP contribution is -2.16. The van der Waals surface area contributed by atoms with Crippen molar-refractivity contribution in [1.82, 2.24) is 9.97 Å². The van der Waals surface area contributed by atoms with Crippen LogP contribution in [0.5, 0.6) is 0 Å². The Bertz CT molecular complexity index is 761. The van der Waals surface area contributed by atoms with Crippen molar-refractivity contribution in [3.63, 3.8) is 0 Å². The van der Waals surface area contributed by atoms with Crippen LogP contribution in [0.3, 0.4) is 0 Å². The van der Waals surface area contributed by atoms with Crippen LogP contribution in [0.4, 0.5) is 0 Å².